The molecule has 0 aromatic carbocycles. The molecule has 108 valence electrons. The van der Waals surface area contributed by atoms with Crippen LogP contribution in [0.1, 0.15) is 24.1 Å². The van der Waals surface area contributed by atoms with Crippen molar-refractivity contribution in [2.75, 3.05) is 13.1 Å². The van der Waals surface area contributed by atoms with E-state index in [0.717, 1.165) is 24.1 Å². The molecular formula is C14H19N3O3. The first-order chi connectivity index (χ1) is 9.54. The Kier molecular flexibility index (Phi) is 3.33. The van der Waals surface area contributed by atoms with Crippen molar-refractivity contribution in [3.05, 3.63) is 27.7 Å². The van der Waals surface area contributed by atoms with Gasteiger partial charge in [0.1, 0.15) is 0 Å². The molecule has 1 fully saturated rings. The van der Waals surface area contributed by atoms with Gasteiger partial charge >= 0.3 is 0 Å². The summed E-state index contributed by atoms with van der Waals surface area (Å²) in [4.78, 5) is 25.8. The molecule has 1 amide bonds. The third-order valence-corrected chi connectivity index (χ3v) is 4.28. The van der Waals surface area contributed by atoms with Crippen LogP contribution >= 0.6 is 0 Å². The molecule has 0 bridgehead atoms. The van der Waals surface area contributed by atoms with Gasteiger partial charge in [-0.25, -0.2) is 4.68 Å². The average Bonchev–Trinajstić information content (AvgIpc) is 2.85. The van der Waals surface area contributed by atoms with Gasteiger partial charge in [0.2, 0.25) is 5.91 Å². The molecule has 0 spiro atoms. The van der Waals surface area contributed by atoms with Gasteiger partial charge in [0, 0.05) is 32.1 Å². The number of fused-ring (bicyclic) bond motifs is 1. The number of aliphatic hydroxyl groups excluding tert-OH is 1. The van der Waals surface area contributed by atoms with Crippen molar-refractivity contribution in [3.8, 4) is 0 Å². The van der Waals surface area contributed by atoms with Crippen LogP contribution in [0.4, 0.5) is 0 Å². The Hall–Kier alpha value is -1.69. The molecule has 2 aliphatic rings. The van der Waals surface area contributed by atoms with Crippen molar-refractivity contribution < 1.29 is 9.90 Å². The number of amides is 1. The Morgan fingerprint density at radius 1 is 1.45 bits per heavy atom. The minimum Gasteiger partial charge on any atom is -0.391 e. The molecule has 0 saturated carbocycles. The first-order valence-corrected chi connectivity index (χ1v) is 7.07. The van der Waals surface area contributed by atoms with E-state index >= 15 is 0 Å². The molecule has 0 radical (unpaired) electrons. The molecule has 1 aromatic heterocycles. The molecule has 3 rings (SSSR count). The van der Waals surface area contributed by atoms with Gasteiger partial charge in [0.05, 0.1) is 11.8 Å². The quantitative estimate of drug-likeness (QED) is 0.749. The Balaban J connectivity index is 1.77. The van der Waals surface area contributed by atoms with Crippen LogP contribution in [-0.4, -0.2) is 44.9 Å². The lowest BCUT2D eigenvalue weighted by Gasteiger charge is -2.27. The van der Waals surface area contributed by atoms with Crippen molar-refractivity contribution in [3.63, 3.8) is 0 Å². The van der Waals surface area contributed by atoms with E-state index in [2.05, 4.69) is 5.10 Å². The minimum atomic E-state index is -0.385. The highest BCUT2D eigenvalue weighted by Gasteiger charge is 2.32. The maximum Gasteiger partial charge on any atom is 0.266 e. The van der Waals surface area contributed by atoms with Crippen LogP contribution < -0.4 is 5.56 Å². The highest BCUT2D eigenvalue weighted by Crippen LogP contribution is 2.26. The second-order valence-electron chi connectivity index (χ2n) is 5.74. The number of likely N-dealkylation sites (tertiary alicyclic amines) is 1. The Bertz CT molecular complexity index is 596. The molecule has 1 aliphatic carbocycles. The van der Waals surface area contributed by atoms with E-state index in [1.165, 1.54) is 4.68 Å². The van der Waals surface area contributed by atoms with Crippen molar-refractivity contribution in [1.82, 2.24) is 14.7 Å². The minimum absolute atomic E-state index is 0.0818. The smallest absolute Gasteiger partial charge is 0.266 e. The van der Waals surface area contributed by atoms with E-state index in [9.17, 15) is 14.7 Å². The van der Waals surface area contributed by atoms with Crippen LogP contribution in [0.5, 0.6) is 0 Å². The van der Waals surface area contributed by atoms with Gasteiger partial charge in [0.15, 0.2) is 0 Å². The monoisotopic (exact) mass is 277 g/mol. The summed E-state index contributed by atoms with van der Waals surface area (Å²) in [5.74, 6) is 0.0228. The molecule has 1 aliphatic heterocycles. The van der Waals surface area contributed by atoms with E-state index in [0.29, 0.717) is 25.9 Å². The number of carbonyl (C=O) groups is 1. The van der Waals surface area contributed by atoms with E-state index in [1.54, 1.807) is 18.0 Å². The third-order valence-electron chi connectivity index (χ3n) is 4.28. The van der Waals surface area contributed by atoms with Crippen LogP contribution in [0.3, 0.4) is 0 Å². The Morgan fingerprint density at radius 2 is 2.25 bits per heavy atom. The van der Waals surface area contributed by atoms with Gasteiger partial charge < -0.3 is 10.0 Å². The van der Waals surface area contributed by atoms with Crippen LogP contribution in [-0.2, 0) is 24.7 Å². The summed E-state index contributed by atoms with van der Waals surface area (Å²) >= 11 is 0. The molecule has 6 heteroatoms. The topological polar surface area (TPSA) is 75.4 Å². The van der Waals surface area contributed by atoms with E-state index < -0.39 is 0 Å². The number of aromatic nitrogens is 2. The number of hydrogen-bond acceptors (Lipinski definition) is 4. The number of rotatable bonds is 1. The fourth-order valence-electron chi connectivity index (χ4n) is 3.10. The second kappa shape index (κ2) is 5.01. The van der Waals surface area contributed by atoms with Crippen molar-refractivity contribution >= 4 is 5.91 Å². The maximum atomic E-state index is 12.4. The lowest BCUT2D eigenvalue weighted by Crippen LogP contribution is -2.38. The summed E-state index contributed by atoms with van der Waals surface area (Å²) < 4.78 is 1.35. The third kappa shape index (κ3) is 2.35. The first-order valence-electron chi connectivity index (χ1n) is 7.07. The van der Waals surface area contributed by atoms with Crippen LogP contribution in [0.2, 0.25) is 0 Å². The Morgan fingerprint density at radius 3 is 2.95 bits per heavy atom. The summed E-state index contributed by atoms with van der Waals surface area (Å²) in [6, 6.07) is 1.60. The van der Waals surface area contributed by atoms with Crippen molar-refractivity contribution in [1.29, 1.82) is 0 Å². The largest absolute Gasteiger partial charge is 0.391 e. The molecular weight excluding hydrogens is 258 g/mol. The van der Waals surface area contributed by atoms with Gasteiger partial charge in [-0.2, -0.15) is 5.10 Å². The molecule has 1 aromatic rings. The fourth-order valence-corrected chi connectivity index (χ4v) is 3.10. The summed E-state index contributed by atoms with van der Waals surface area (Å²) in [7, 11) is 1.64. The number of hydrogen-bond donors (Lipinski definition) is 1. The van der Waals surface area contributed by atoms with E-state index in [1.807, 2.05) is 0 Å². The SMILES string of the molecule is Cn1nc2c(cc1=O)CC(C(=O)N1CCC(O)C1)CC2. The second-order valence-corrected chi connectivity index (χ2v) is 5.74. The van der Waals surface area contributed by atoms with Crippen LogP contribution in [0.15, 0.2) is 10.9 Å². The van der Waals surface area contributed by atoms with Crippen molar-refractivity contribution in [2.24, 2.45) is 13.0 Å². The summed E-state index contributed by atoms with van der Waals surface area (Å²) in [6.45, 7) is 1.08. The normalized spacial score (nSPS) is 25.6. The van der Waals surface area contributed by atoms with Gasteiger partial charge in [-0.1, -0.05) is 0 Å². The highest BCUT2D eigenvalue weighted by molar-refractivity contribution is 5.79. The zero-order valence-electron chi connectivity index (χ0n) is 11.6. The lowest BCUT2D eigenvalue weighted by atomic mass is 9.86. The summed E-state index contributed by atoms with van der Waals surface area (Å²) in [6.07, 6.45) is 2.37. The molecule has 2 atom stereocenters. The fraction of sp³-hybridized carbons (Fsp3) is 0.643. The van der Waals surface area contributed by atoms with Crippen LogP contribution in [0, 0.1) is 5.92 Å². The highest BCUT2D eigenvalue weighted by atomic mass is 16.3. The molecule has 20 heavy (non-hydrogen) atoms. The lowest BCUT2D eigenvalue weighted by molar-refractivity contribution is -0.135. The first kappa shape index (κ1) is 13.3. The molecule has 1 saturated heterocycles. The number of β-amino-alcohol motifs (C(OH)–C–C–N with tert-alkyl or cyclic N) is 1. The molecule has 6 nitrogen and oxygen atoms in total. The van der Waals surface area contributed by atoms with E-state index in [4.69, 9.17) is 0 Å². The number of aryl methyl sites for hydroxylation is 2. The van der Waals surface area contributed by atoms with Gasteiger partial charge in [-0.05, 0) is 31.2 Å². The number of carbonyl (C=O) groups excluding carboxylic acids is 1. The van der Waals surface area contributed by atoms with Gasteiger partial charge in [-0.15, -0.1) is 0 Å². The predicted molar refractivity (Wildman–Crippen MR) is 72.2 cm³/mol. The van der Waals surface area contributed by atoms with Crippen molar-refractivity contribution in [2.45, 2.75) is 31.8 Å². The molecule has 2 unspecified atom stereocenters. The number of nitrogens with zero attached hydrogens (tertiary/aromatic N) is 3. The average molecular weight is 277 g/mol. The zero-order valence-corrected chi connectivity index (χ0v) is 11.6. The standard InChI is InChI=1S/C14H19N3O3/c1-16-13(19)7-10-6-9(2-3-12(10)15-16)14(20)17-5-4-11(18)8-17/h7,9,11,18H,2-6,8H2,1H3. The summed E-state index contributed by atoms with van der Waals surface area (Å²) in [5, 5.41) is 13.8. The van der Waals surface area contributed by atoms with E-state index in [-0.39, 0.29) is 23.5 Å². The van der Waals surface area contributed by atoms with Gasteiger partial charge in [-0.3, -0.25) is 9.59 Å². The van der Waals surface area contributed by atoms with Gasteiger partial charge in [0.25, 0.3) is 5.56 Å². The zero-order chi connectivity index (χ0) is 14.3. The molecule has 1 N–H and O–H groups in total. The molecule has 2 heterocycles. The number of aliphatic hydroxyl groups is 1. The predicted octanol–water partition coefficient (Wildman–Crippen LogP) is -0.522. The maximum absolute atomic E-state index is 12.4. The van der Waals surface area contributed by atoms with Crippen LogP contribution in [0.25, 0.3) is 0 Å². The Labute approximate surface area is 117 Å². The summed E-state index contributed by atoms with van der Waals surface area (Å²) in [5.41, 5.74) is 1.70.